The van der Waals surface area contributed by atoms with E-state index in [9.17, 15) is 5.11 Å². The van der Waals surface area contributed by atoms with E-state index in [-0.39, 0.29) is 11.1 Å². The summed E-state index contributed by atoms with van der Waals surface area (Å²) >= 11 is 3.36. The molecule has 0 amide bonds. The summed E-state index contributed by atoms with van der Waals surface area (Å²) in [5.41, 5.74) is 0. The smallest absolute Gasteiger partial charge is 0.123 e. The number of rotatable bonds is 0. The highest BCUT2D eigenvalue weighted by Crippen LogP contribution is 2.39. The molecule has 1 aliphatic heterocycles. The Hall–Kier alpha value is 0.400. The number of hydrogen-bond acceptors (Lipinski definition) is 2. The molecular weight excluding hydrogens is 218 g/mol. The van der Waals surface area contributed by atoms with Crippen molar-refractivity contribution in [3.63, 3.8) is 0 Å². The molecule has 3 heteroatoms. The quantitative estimate of drug-likeness (QED) is 0.630. The molecule has 1 heterocycles. The van der Waals surface area contributed by atoms with Gasteiger partial charge in [0.15, 0.2) is 0 Å². The standard InChI is InChI=1S/C9H18BrNO/c1-7(2)5-9(10,12)6-8(3,4)11-7/h11-12H,5-6H2,1-4H3. The van der Waals surface area contributed by atoms with Crippen LogP contribution in [0.4, 0.5) is 0 Å². The summed E-state index contributed by atoms with van der Waals surface area (Å²) < 4.78 is -0.703. The maximum absolute atomic E-state index is 9.92. The van der Waals surface area contributed by atoms with Crippen LogP contribution in [0.2, 0.25) is 0 Å². The Balaban J connectivity index is 2.81. The van der Waals surface area contributed by atoms with E-state index in [1.165, 1.54) is 0 Å². The van der Waals surface area contributed by atoms with Crippen molar-refractivity contribution >= 4 is 15.9 Å². The predicted molar refractivity (Wildman–Crippen MR) is 54.4 cm³/mol. The molecule has 1 saturated heterocycles. The lowest BCUT2D eigenvalue weighted by atomic mass is 9.81. The normalized spacial score (nSPS) is 31.5. The summed E-state index contributed by atoms with van der Waals surface area (Å²) in [6.45, 7) is 8.44. The molecule has 1 fully saturated rings. The summed E-state index contributed by atoms with van der Waals surface area (Å²) in [7, 11) is 0. The van der Waals surface area contributed by atoms with Crippen molar-refractivity contribution in [1.29, 1.82) is 0 Å². The first-order valence-electron chi connectivity index (χ1n) is 4.33. The number of piperidine rings is 1. The largest absolute Gasteiger partial charge is 0.379 e. The second-order valence-electron chi connectivity index (χ2n) is 5.16. The third-order valence-corrected chi connectivity index (χ3v) is 2.66. The van der Waals surface area contributed by atoms with Crippen molar-refractivity contribution < 1.29 is 5.11 Å². The molecule has 1 aliphatic rings. The minimum absolute atomic E-state index is 0. The van der Waals surface area contributed by atoms with Gasteiger partial charge in [-0.25, -0.2) is 0 Å². The molecule has 2 nitrogen and oxygen atoms in total. The van der Waals surface area contributed by atoms with Crippen molar-refractivity contribution in [3.8, 4) is 0 Å². The number of halogens is 1. The van der Waals surface area contributed by atoms with Crippen LogP contribution in [0, 0.1) is 0 Å². The molecule has 1 rings (SSSR count). The van der Waals surface area contributed by atoms with Crippen LogP contribution < -0.4 is 5.32 Å². The molecule has 0 spiro atoms. The summed E-state index contributed by atoms with van der Waals surface area (Å²) in [4.78, 5) is 0. The number of nitrogens with one attached hydrogen (secondary N) is 1. The SMILES string of the molecule is CC1(C)CC(O)(Br)CC(C)(C)N1. The van der Waals surface area contributed by atoms with Gasteiger partial charge in [0, 0.05) is 23.9 Å². The summed E-state index contributed by atoms with van der Waals surface area (Å²) in [6.07, 6.45) is 1.48. The monoisotopic (exact) mass is 235 g/mol. The van der Waals surface area contributed by atoms with Crippen LogP contribution in [-0.4, -0.2) is 20.7 Å². The molecule has 2 N–H and O–H groups in total. The van der Waals surface area contributed by atoms with E-state index in [1.54, 1.807) is 0 Å². The first kappa shape index (κ1) is 10.5. The van der Waals surface area contributed by atoms with Gasteiger partial charge in [-0.05, 0) is 27.7 Å². The molecular formula is C9H18BrNO. The van der Waals surface area contributed by atoms with E-state index in [4.69, 9.17) is 0 Å². The number of alkyl halides is 1. The molecule has 0 aromatic rings. The molecule has 0 aromatic heterocycles. The number of hydrogen-bond donors (Lipinski definition) is 2. The summed E-state index contributed by atoms with van der Waals surface area (Å²) in [6, 6.07) is 0. The maximum Gasteiger partial charge on any atom is 0.123 e. The van der Waals surface area contributed by atoms with Crippen LogP contribution in [0.15, 0.2) is 0 Å². The first-order chi connectivity index (χ1) is 5.12. The maximum atomic E-state index is 9.92. The molecule has 72 valence electrons. The van der Waals surface area contributed by atoms with Crippen molar-refractivity contribution in [1.82, 2.24) is 5.32 Å². The molecule has 0 atom stereocenters. The zero-order chi connectivity index (χ0) is 9.62. The van der Waals surface area contributed by atoms with Gasteiger partial charge in [0.25, 0.3) is 0 Å². The molecule has 0 radical (unpaired) electrons. The molecule has 12 heavy (non-hydrogen) atoms. The lowest BCUT2D eigenvalue weighted by Crippen LogP contribution is -2.61. The van der Waals surface area contributed by atoms with Gasteiger partial charge in [-0.15, -0.1) is 0 Å². The molecule has 0 aromatic carbocycles. The third-order valence-electron chi connectivity index (χ3n) is 2.10. The third kappa shape index (κ3) is 2.71. The molecule has 0 unspecified atom stereocenters. The fourth-order valence-corrected chi connectivity index (χ4v) is 3.82. The van der Waals surface area contributed by atoms with Crippen molar-refractivity contribution in [2.45, 2.75) is 56.1 Å². The summed E-state index contributed by atoms with van der Waals surface area (Å²) in [5.74, 6) is 0. The minimum atomic E-state index is -0.703. The molecule has 0 bridgehead atoms. The van der Waals surface area contributed by atoms with Crippen LogP contribution in [0.3, 0.4) is 0 Å². The number of aliphatic hydroxyl groups is 1. The predicted octanol–water partition coefficient (Wildman–Crippen LogP) is 2.01. The van der Waals surface area contributed by atoms with Crippen LogP contribution in [0.1, 0.15) is 40.5 Å². The lowest BCUT2D eigenvalue weighted by molar-refractivity contribution is 0.0188. The zero-order valence-corrected chi connectivity index (χ0v) is 9.83. The van der Waals surface area contributed by atoms with E-state index in [0.29, 0.717) is 0 Å². The second-order valence-corrected chi connectivity index (χ2v) is 6.64. The Morgan fingerprint density at radius 2 is 1.42 bits per heavy atom. The Morgan fingerprint density at radius 3 is 1.67 bits per heavy atom. The van der Waals surface area contributed by atoms with Gasteiger partial charge >= 0.3 is 0 Å². The van der Waals surface area contributed by atoms with Crippen LogP contribution in [0.25, 0.3) is 0 Å². The minimum Gasteiger partial charge on any atom is -0.379 e. The second kappa shape index (κ2) is 2.69. The van der Waals surface area contributed by atoms with Gasteiger partial charge in [-0.1, -0.05) is 15.9 Å². The highest BCUT2D eigenvalue weighted by molar-refractivity contribution is 9.10. The van der Waals surface area contributed by atoms with E-state index >= 15 is 0 Å². The first-order valence-corrected chi connectivity index (χ1v) is 5.12. The highest BCUT2D eigenvalue weighted by atomic mass is 79.9. The molecule has 0 saturated carbocycles. The van der Waals surface area contributed by atoms with E-state index in [0.717, 1.165) is 12.8 Å². The van der Waals surface area contributed by atoms with Gasteiger partial charge in [0.2, 0.25) is 0 Å². The Bertz CT molecular complexity index is 142. The summed E-state index contributed by atoms with van der Waals surface area (Å²) in [5, 5.41) is 13.4. The Kier molecular flexibility index (Phi) is 2.35. The van der Waals surface area contributed by atoms with Gasteiger partial charge in [-0.2, -0.15) is 0 Å². The van der Waals surface area contributed by atoms with Gasteiger partial charge in [0.1, 0.15) is 4.51 Å². The molecule has 0 aliphatic carbocycles. The van der Waals surface area contributed by atoms with E-state index < -0.39 is 4.51 Å². The average Bonchev–Trinajstić information content (AvgIpc) is 1.44. The Labute approximate surface area is 82.9 Å². The highest BCUT2D eigenvalue weighted by Gasteiger charge is 2.44. The van der Waals surface area contributed by atoms with Crippen molar-refractivity contribution in [3.05, 3.63) is 0 Å². The van der Waals surface area contributed by atoms with Crippen LogP contribution in [-0.2, 0) is 0 Å². The van der Waals surface area contributed by atoms with Crippen molar-refractivity contribution in [2.24, 2.45) is 0 Å². The topological polar surface area (TPSA) is 32.3 Å². The fraction of sp³-hybridized carbons (Fsp3) is 1.00. The Morgan fingerprint density at radius 1 is 1.08 bits per heavy atom. The zero-order valence-electron chi connectivity index (χ0n) is 8.24. The lowest BCUT2D eigenvalue weighted by Gasteiger charge is -2.48. The van der Waals surface area contributed by atoms with Gasteiger partial charge < -0.3 is 10.4 Å². The van der Waals surface area contributed by atoms with E-state index in [2.05, 4.69) is 48.9 Å². The van der Waals surface area contributed by atoms with Crippen LogP contribution >= 0.6 is 15.9 Å². The van der Waals surface area contributed by atoms with Crippen molar-refractivity contribution in [2.75, 3.05) is 0 Å². The van der Waals surface area contributed by atoms with E-state index in [1.807, 2.05) is 0 Å². The average molecular weight is 236 g/mol. The van der Waals surface area contributed by atoms with Gasteiger partial charge in [-0.3, -0.25) is 0 Å². The van der Waals surface area contributed by atoms with Crippen LogP contribution in [0.5, 0.6) is 0 Å². The van der Waals surface area contributed by atoms with Gasteiger partial charge in [0.05, 0.1) is 0 Å². The fourth-order valence-electron chi connectivity index (χ4n) is 2.42.